The van der Waals surface area contributed by atoms with Crippen molar-refractivity contribution in [1.82, 2.24) is 9.80 Å². The fourth-order valence-electron chi connectivity index (χ4n) is 3.37. The number of likely N-dealkylation sites (N-methyl/N-ethyl adjacent to an activating group) is 1. The van der Waals surface area contributed by atoms with Crippen molar-refractivity contribution in [3.63, 3.8) is 0 Å². The van der Waals surface area contributed by atoms with E-state index >= 15 is 0 Å². The normalized spacial score (nSPS) is 14.5. The lowest BCUT2D eigenvalue weighted by Gasteiger charge is -2.34. The van der Waals surface area contributed by atoms with Crippen molar-refractivity contribution in [2.75, 3.05) is 65.5 Å². The minimum atomic E-state index is -0.155. The second-order valence-corrected chi connectivity index (χ2v) is 6.62. The van der Waals surface area contributed by atoms with Crippen LogP contribution < -0.4 is 19.1 Å². The Kier molecular flexibility index (Phi) is 7.92. The lowest BCUT2D eigenvalue weighted by Crippen LogP contribution is -2.49. The molecule has 0 unspecified atom stereocenters. The molecule has 0 spiro atoms. The highest BCUT2D eigenvalue weighted by Crippen LogP contribution is 2.41. The van der Waals surface area contributed by atoms with Crippen molar-refractivity contribution in [3.8, 4) is 17.2 Å². The number of anilines is 1. The summed E-state index contributed by atoms with van der Waals surface area (Å²) >= 11 is 0. The van der Waals surface area contributed by atoms with Crippen LogP contribution in [0.1, 0.15) is 20.3 Å². The van der Waals surface area contributed by atoms with Crippen LogP contribution in [0, 0.1) is 0 Å². The molecule has 156 valence electrons. The highest BCUT2D eigenvalue weighted by Gasteiger charge is 2.23. The highest BCUT2D eigenvalue weighted by atomic mass is 16.5. The third kappa shape index (κ3) is 5.07. The van der Waals surface area contributed by atoms with Crippen LogP contribution in [-0.2, 0) is 9.59 Å². The minimum absolute atomic E-state index is 0.0643. The smallest absolute Gasteiger partial charge is 0.224 e. The first-order valence-corrected chi connectivity index (χ1v) is 9.53. The molecule has 0 atom stereocenters. The molecule has 8 nitrogen and oxygen atoms in total. The third-order valence-corrected chi connectivity index (χ3v) is 5.06. The Morgan fingerprint density at radius 1 is 1.00 bits per heavy atom. The van der Waals surface area contributed by atoms with E-state index in [2.05, 4.69) is 11.8 Å². The summed E-state index contributed by atoms with van der Waals surface area (Å²) in [7, 11) is 4.58. The molecule has 0 N–H and O–H groups in total. The van der Waals surface area contributed by atoms with Crippen molar-refractivity contribution in [1.29, 1.82) is 0 Å². The number of carbonyl (C=O) groups excluding carboxylic acids is 2. The first-order valence-electron chi connectivity index (χ1n) is 9.53. The Morgan fingerprint density at radius 2 is 1.57 bits per heavy atom. The van der Waals surface area contributed by atoms with Crippen molar-refractivity contribution in [2.24, 2.45) is 0 Å². The molecule has 2 amide bonds. The van der Waals surface area contributed by atoms with E-state index in [0.29, 0.717) is 29.5 Å². The fraction of sp³-hybridized carbons (Fsp3) is 0.600. The summed E-state index contributed by atoms with van der Waals surface area (Å²) in [5.74, 6) is 1.30. The van der Waals surface area contributed by atoms with Crippen LogP contribution in [0.3, 0.4) is 0 Å². The van der Waals surface area contributed by atoms with Crippen LogP contribution in [0.5, 0.6) is 17.2 Å². The molecule has 0 aromatic heterocycles. The van der Waals surface area contributed by atoms with E-state index in [0.717, 1.165) is 32.7 Å². The van der Waals surface area contributed by atoms with Crippen molar-refractivity contribution in [3.05, 3.63) is 12.1 Å². The Bertz CT molecular complexity index is 661. The van der Waals surface area contributed by atoms with Crippen LogP contribution >= 0.6 is 0 Å². The first-order chi connectivity index (χ1) is 13.4. The fourth-order valence-corrected chi connectivity index (χ4v) is 3.37. The standard InChI is InChI=1S/C20H31N3O5/c1-6-21-9-11-22(12-10-21)19(25)7-8-23(15(2)24)16-13-17(26-3)20(28-5)18(14-16)27-4/h13-14H,6-12H2,1-5H3. The van der Waals surface area contributed by atoms with Gasteiger partial charge in [0, 0.05) is 58.2 Å². The Hall–Kier alpha value is -2.48. The summed E-state index contributed by atoms with van der Waals surface area (Å²) in [5.41, 5.74) is 0.602. The Balaban J connectivity index is 2.11. The zero-order chi connectivity index (χ0) is 20.7. The largest absolute Gasteiger partial charge is 0.493 e. The van der Waals surface area contributed by atoms with Crippen LogP contribution in [0.4, 0.5) is 5.69 Å². The maximum Gasteiger partial charge on any atom is 0.224 e. The second-order valence-electron chi connectivity index (χ2n) is 6.62. The van der Waals surface area contributed by atoms with Gasteiger partial charge in [-0.05, 0) is 6.54 Å². The first kappa shape index (κ1) is 21.8. The van der Waals surface area contributed by atoms with Gasteiger partial charge >= 0.3 is 0 Å². The van der Waals surface area contributed by atoms with Gasteiger partial charge < -0.3 is 28.9 Å². The quantitative estimate of drug-likeness (QED) is 0.668. The van der Waals surface area contributed by atoms with Gasteiger partial charge in [-0.2, -0.15) is 0 Å². The van der Waals surface area contributed by atoms with Gasteiger partial charge in [-0.25, -0.2) is 0 Å². The lowest BCUT2D eigenvalue weighted by molar-refractivity contribution is -0.132. The third-order valence-electron chi connectivity index (χ3n) is 5.06. The minimum Gasteiger partial charge on any atom is -0.493 e. The van der Waals surface area contributed by atoms with Gasteiger partial charge in [0.25, 0.3) is 0 Å². The number of hydrogen-bond acceptors (Lipinski definition) is 6. The number of methoxy groups -OCH3 is 3. The maximum absolute atomic E-state index is 12.6. The molecule has 1 aliphatic heterocycles. The molecule has 1 aromatic carbocycles. The number of rotatable bonds is 8. The van der Waals surface area contributed by atoms with E-state index in [1.54, 1.807) is 17.0 Å². The molecule has 0 bridgehead atoms. The number of benzene rings is 1. The molecule has 1 saturated heterocycles. The van der Waals surface area contributed by atoms with E-state index in [4.69, 9.17) is 14.2 Å². The van der Waals surface area contributed by atoms with E-state index < -0.39 is 0 Å². The zero-order valence-electron chi connectivity index (χ0n) is 17.5. The van der Waals surface area contributed by atoms with Crippen molar-refractivity contribution in [2.45, 2.75) is 20.3 Å². The number of nitrogens with zero attached hydrogens (tertiary/aromatic N) is 3. The van der Waals surface area contributed by atoms with E-state index in [1.165, 1.54) is 28.3 Å². The molecule has 2 rings (SSSR count). The molecule has 1 fully saturated rings. The molecule has 8 heteroatoms. The molecule has 1 aliphatic rings. The van der Waals surface area contributed by atoms with Gasteiger partial charge in [-0.1, -0.05) is 6.92 Å². The van der Waals surface area contributed by atoms with Crippen molar-refractivity contribution >= 4 is 17.5 Å². The summed E-state index contributed by atoms with van der Waals surface area (Å²) < 4.78 is 16.1. The zero-order valence-corrected chi connectivity index (χ0v) is 17.5. The molecule has 0 aliphatic carbocycles. The monoisotopic (exact) mass is 393 g/mol. The topological polar surface area (TPSA) is 71.6 Å². The van der Waals surface area contributed by atoms with E-state index in [9.17, 15) is 9.59 Å². The SMILES string of the molecule is CCN1CCN(C(=O)CCN(C(C)=O)c2cc(OC)c(OC)c(OC)c2)CC1. The molecular weight excluding hydrogens is 362 g/mol. The highest BCUT2D eigenvalue weighted by molar-refractivity contribution is 5.93. The summed E-state index contributed by atoms with van der Waals surface area (Å²) in [6.45, 7) is 8.15. The molecule has 0 radical (unpaired) electrons. The van der Waals surface area contributed by atoms with Gasteiger partial charge in [-0.15, -0.1) is 0 Å². The average molecular weight is 393 g/mol. The number of ether oxygens (including phenoxy) is 3. The molecular formula is C20H31N3O5. The summed E-state index contributed by atoms with van der Waals surface area (Å²) in [6, 6.07) is 3.43. The van der Waals surface area contributed by atoms with Crippen LogP contribution in [0.25, 0.3) is 0 Å². The average Bonchev–Trinajstić information content (AvgIpc) is 2.72. The predicted molar refractivity (Wildman–Crippen MR) is 107 cm³/mol. The van der Waals surface area contributed by atoms with Crippen LogP contribution in [0.2, 0.25) is 0 Å². The molecule has 1 aromatic rings. The number of carbonyl (C=O) groups is 2. The van der Waals surface area contributed by atoms with Gasteiger partial charge in [0.2, 0.25) is 17.6 Å². The number of piperazine rings is 1. The molecule has 28 heavy (non-hydrogen) atoms. The number of hydrogen-bond donors (Lipinski definition) is 0. The van der Waals surface area contributed by atoms with Crippen LogP contribution in [0.15, 0.2) is 12.1 Å². The maximum atomic E-state index is 12.6. The van der Waals surface area contributed by atoms with E-state index in [-0.39, 0.29) is 18.2 Å². The molecule has 0 saturated carbocycles. The van der Waals surface area contributed by atoms with Crippen molar-refractivity contribution < 1.29 is 23.8 Å². The predicted octanol–water partition coefficient (Wildman–Crippen LogP) is 1.62. The Morgan fingerprint density at radius 3 is 2.00 bits per heavy atom. The van der Waals surface area contributed by atoms with Gasteiger partial charge in [0.15, 0.2) is 11.5 Å². The Labute approximate surface area is 166 Å². The summed E-state index contributed by atoms with van der Waals surface area (Å²) in [6.07, 6.45) is 0.266. The van der Waals surface area contributed by atoms with E-state index in [1.807, 2.05) is 4.90 Å². The van der Waals surface area contributed by atoms with Crippen LogP contribution in [-0.4, -0.2) is 82.2 Å². The van der Waals surface area contributed by atoms with Gasteiger partial charge in [-0.3, -0.25) is 9.59 Å². The second kappa shape index (κ2) is 10.2. The lowest BCUT2D eigenvalue weighted by atomic mass is 10.2. The summed E-state index contributed by atoms with van der Waals surface area (Å²) in [4.78, 5) is 30.6. The summed E-state index contributed by atoms with van der Waals surface area (Å²) in [5, 5.41) is 0. The number of amides is 2. The van der Waals surface area contributed by atoms with Gasteiger partial charge in [0.1, 0.15) is 0 Å². The van der Waals surface area contributed by atoms with Gasteiger partial charge in [0.05, 0.1) is 27.0 Å². The molecule has 1 heterocycles.